The van der Waals surface area contributed by atoms with Crippen molar-refractivity contribution in [1.82, 2.24) is 19.5 Å². The lowest BCUT2D eigenvalue weighted by Crippen LogP contribution is -2.33. The number of fused-ring (bicyclic) bond motifs is 1. The normalized spacial score (nSPS) is 16.1. The molecule has 1 amide bonds. The average molecular weight is 485 g/mol. The summed E-state index contributed by atoms with van der Waals surface area (Å²) in [6.07, 6.45) is -3.30. The molecule has 1 aliphatic rings. The van der Waals surface area contributed by atoms with E-state index >= 15 is 0 Å². The van der Waals surface area contributed by atoms with E-state index in [4.69, 9.17) is 17.3 Å². The number of alkyl halides is 3. The Bertz CT molecular complexity index is 1260. The van der Waals surface area contributed by atoms with Crippen LogP contribution >= 0.6 is 35.3 Å². The van der Waals surface area contributed by atoms with Gasteiger partial charge in [-0.15, -0.1) is 5.10 Å². The maximum Gasteiger partial charge on any atom is 0.445 e. The third kappa shape index (κ3) is 4.07. The summed E-state index contributed by atoms with van der Waals surface area (Å²) in [5, 5.41) is 11.5. The highest BCUT2D eigenvalue weighted by Crippen LogP contribution is 2.38. The lowest BCUT2D eigenvalue weighted by atomic mass is 10.1. The first-order chi connectivity index (χ1) is 14.5. The van der Waals surface area contributed by atoms with Gasteiger partial charge in [-0.1, -0.05) is 65.1 Å². The number of benzene rings is 1. The third-order valence-corrected chi connectivity index (χ3v) is 6.57. The minimum absolute atomic E-state index is 0.00941. The first-order valence-corrected chi connectivity index (χ1v) is 10.6. The van der Waals surface area contributed by atoms with E-state index in [1.165, 1.54) is 6.08 Å². The molecule has 13 heteroatoms. The molecule has 0 saturated carbocycles. The molecule has 31 heavy (non-hydrogen) atoms. The summed E-state index contributed by atoms with van der Waals surface area (Å²) in [4.78, 5) is 28.9. The number of carbonyl (C=O) groups is 2. The van der Waals surface area contributed by atoms with E-state index in [0.29, 0.717) is 22.6 Å². The number of hydrogen-bond donors (Lipinski definition) is 1. The van der Waals surface area contributed by atoms with Crippen LogP contribution in [0.15, 0.2) is 29.2 Å². The van der Waals surface area contributed by atoms with Crippen molar-refractivity contribution >= 4 is 62.6 Å². The molecule has 0 aliphatic carbocycles. The lowest BCUT2D eigenvalue weighted by molar-refractivity contribution is -0.140. The summed E-state index contributed by atoms with van der Waals surface area (Å²) in [6.45, 7) is 1.28. The Morgan fingerprint density at radius 2 is 1.97 bits per heavy atom. The van der Waals surface area contributed by atoms with Crippen LogP contribution in [0.4, 0.5) is 13.2 Å². The summed E-state index contributed by atoms with van der Waals surface area (Å²) in [7, 11) is 0. The second-order valence-electron chi connectivity index (χ2n) is 6.47. The average Bonchev–Trinajstić information content (AvgIpc) is 3.31. The first-order valence-electron chi connectivity index (χ1n) is 8.55. The van der Waals surface area contributed by atoms with Gasteiger partial charge in [0.15, 0.2) is 0 Å². The van der Waals surface area contributed by atoms with Crippen LogP contribution < -0.4 is 0 Å². The molecular weight excluding hydrogens is 473 g/mol. The van der Waals surface area contributed by atoms with Crippen molar-refractivity contribution in [3.8, 4) is 11.3 Å². The van der Waals surface area contributed by atoms with Gasteiger partial charge in [0, 0.05) is 5.56 Å². The summed E-state index contributed by atoms with van der Waals surface area (Å²) in [5.74, 6) is -1.88. The number of thioether (sulfide) groups is 1. The standard InChI is InChI=1S/C18H11F3N4O3S3/c1-8-2-4-9(5-3-8)13-10(25-16(22-13)31-15(23-25)18(19,20)21)6-11-14(28)24(7-12(26)27)17(29)30-11/h2-6H,7H2,1H3,(H,26,27)/b11-6-. The van der Waals surface area contributed by atoms with E-state index in [0.717, 1.165) is 26.7 Å². The number of nitrogens with zero attached hydrogens (tertiary/aromatic N) is 4. The van der Waals surface area contributed by atoms with E-state index in [1.54, 1.807) is 12.1 Å². The zero-order chi connectivity index (χ0) is 22.5. The molecule has 1 N–H and O–H groups in total. The number of halogens is 3. The maximum absolute atomic E-state index is 13.1. The second kappa shape index (κ2) is 7.73. The van der Waals surface area contributed by atoms with Crippen LogP contribution in [0.3, 0.4) is 0 Å². The minimum Gasteiger partial charge on any atom is -0.480 e. The van der Waals surface area contributed by atoms with Crippen molar-refractivity contribution in [1.29, 1.82) is 0 Å². The number of amides is 1. The number of aryl methyl sites for hydroxylation is 1. The quantitative estimate of drug-likeness (QED) is 0.441. The van der Waals surface area contributed by atoms with Gasteiger partial charge in [-0.3, -0.25) is 14.5 Å². The number of thiocarbonyl (C=S) groups is 1. The zero-order valence-corrected chi connectivity index (χ0v) is 18.0. The van der Waals surface area contributed by atoms with Crippen molar-refractivity contribution in [2.45, 2.75) is 13.1 Å². The number of carboxylic acids is 1. The van der Waals surface area contributed by atoms with Crippen LogP contribution in [0, 0.1) is 6.92 Å². The van der Waals surface area contributed by atoms with Gasteiger partial charge in [0.1, 0.15) is 10.9 Å². The zero-order valence-electron chi connectivity index (χ0n) is 15.5. The van der Waals surface area contributed by atoms with Gasteiger partial charge in [-0.25, -0.2) is 9.50 Å². The fourth-order valence-electron chi connectivity index (χ4n) is 2.83. The minimum atomic E-state index is -4.64. The molecule has 0 unspecified atom stereocenters. The van der Waals surface area contributed by atoms with Crippen molar-refractivity contribution in [3.05, 3.63) is 45.4 Å². The monoisotopic (exact) mass is 484 g/mol. The molecule has 4 rings (SSSR count). The van der Waals surface area contributed by atoms with Gasteiger partial charge >= 0.3 is 12.1 Å². The predicted octanol–water partition coefficient (Wildman–Crippen LogP) is 4.07. The Hall–Kier alpha value is -2.77. The van der Waals surface area contributed by atoms with Crippen molar-refractivity contribution < 1.29 is 27.9 Å². The Balaban J connectivity index is 1.87. The molecule has 3 heterocycles. The summed E-state index contributed by atoms with van der Waals surface area (Å²) >= 11 is 6.33. The molecule has 0 spiro atoms. The van der Waals surface area contributed by atoms with Gasteiger partial charge < -0.3 is 5.11 Å². The largest absolute Gasteiger partial charge is 0.480 e. The van der Waals surface area contributed by atoms with Crippen molar-refractivity contribution in [2.24, 2.45) is 0 Å². The number of hydrogen-bond acceptors (Lipinski definition) is 7. The highest BCUT2D eigenvalue weighted by molar-refractivity contribution is 8.26. The lowest BCUT2D eigenvalue weighted by Gasteiger charge is -2.10. The molecule has 1 fully saturated rings. The number of rotatable bonds is 4. The summed E-state index contributed by atoms with van der Waals surface area (Å²) in [5.41, 5.74) is 2.12. The van der Waals surface area contributed by atoms with Crippen LogP contribution in [0.25, 0.3) is 22.3 Å². The SMILES string of the molecule is Cc1ccc(-c2nc3sc(C(F)(F)F)nn3c2/C=C2\SC(=S)N(CC(=O)O)C2=O)cc1. The molecule has 1 aromatic carbocycles. The van der Waals surface area contributed by atoms with Crippen LogP contribution in [-0.4, -0.2) is 47.3 Å². The van der Waals surface area contributed by atoms with Crippen molar-refractivity contribution in [2.75, 3.05) is 6.54 Å². The van der Waals surface area contributed by atoms with Crippen LogP contribution in [-0.2, 0) is 15.8 Å². The van der Waals surface area contributed by atoms with E-state index in [9.17, 15) is 22.8 Å². The van der Waals surface area contributed by atoms with Crippen LogP contribution in [0.1, 0.15) is 16.3 Å². The number of carboxylic acid groups (broad SMARTS) is 1. The molecule has 160 valence electrons. The number of carbonyl (C=O) groups excluding carboxylic acids is 1. The molecule has 0 radical (unpaired) electrons. The van der Waals surface area contributed by atoms with Gasteiger partial charge in [-0.05, 0) is 13.0 Å². The maximum atomic E-state index is 13.1. The Labute approximate surface area is 186 Å². The molecular formula is C18H11F3N4O3S3. The number of aromatic nitrogens is 3. The van der Waals surface area contributed by atoms with Gasteiger partial charge in [-0.2, -0.15) is 13.2 Å². The molecule has 0 bridgehead atoms. The number of imidazole rings is 1. The van der Waals surface area contributed by atoms with E-state index in [1.807, 2.05) is 19.1 Å². The smallest absolute Gasteiger partial charge is 0.445 e. The molecule has 2 aromatic heterocycles. The molecule has 1 aliphatic heterocycles. The molecule has 7 nitrogen and oxygen atoms in total. The predicted molar refractivity (Wildman–Crippen MR) is 114 cm³/mol. The summed E-state index contributed by atoms with van der Waals surface area (Å²) < 4.78 is 40.5. The highest BCUT2D eigenvalue weighted by atomic mass is 32.2. The van der Waals surface area contributed by atoms with E-state index in [2.05, 4.69) is 10.1 Å². The molecule has 3 aromatic rings. The van der Waals surface area contributed by atoms with Crippen molar-refractivity contribution in [3.63, 3.8) is 0 Å². The molecule has 1 saturated heterocycles. The van der Waals surface area contributed by atoms with E-state index < -0.39 is 29.6 Å². The highest BCUT2D eigenvalue weighted by Gasteiger charge is 2.37. The first kappa shape index (κ1) is 21.5. The Kier molecular flexibility index (Phi) is 5.35. The Morgan fingerprint density at radius 3 is 2.58 bits per heavy atom. The topological polar surface area (TPSA) is 87.8 Å². The van der Waals surface area contributed by atoms with Gasteiger partial charge in [0.2, 0.25) is 9.97 Å². The summed E-state index contributed by atoms with van der Waals surface area (Å²) in [6, 6.07) is 7.18. The van der Waals surface area contributed by atoms with E-state index in [-0.39, 0.29) is 19.9 Å². The van der Waals surface area contributed by atoms with Crippen LogP contribution in [0.2, 0.25) is 0 Å². The van der Waals surface area contributed by atoms with Gasteiger partial charge in [0.25, 0.3) is 5.91 Å². The fourth-order valence-corrected chi connectivity index (χ4v) is 4.83. The molecule has 0 atom stereocenters. The second-order valence-corrected chi connectivity index (χ2v) is 9.10. The fraction of sp³-hybridized carbons (Fsp3) is 0.167. The third-order valence-electron chi connectivity index (χ3n) is 4.24. The Morgan fingerprint density at radius 1 is 1.29 bits per heavy atom. The van der Waals surface area contributed by atoms with Crippen LogP contribution in [0.5, 0.6) is 0 Å². The van der Waals surface area contributed by atoms with Gasteiger partial charge in [0.05, 0.1) is 16.3 Å². The number of aliphatic carboxylic acids is 1.